The summed E-state index contributed by atoms with van der Waals surface area (Å²) in [5.74, 6) is -0.200. The Morgan fingerprint density at radius 1 is 1.05 bits per heavy atom. The molecule has 11 nitrogen and oxygen atoms in total. The van der Waals surface area contributed by atoms with Crippen molar-refractivity contribution in [3.63, 3.8) is 0 Å². The van der Waals surface area contributed by atoms with Crippen LogP contribution in [0.4, 0.5) is 22.0 Å². The minimum atomic E-state index is -4.09. The molecule has 0 unspecified atom stereocenters. The molecule has 0 amide bonds. The van der Waals surface area contributed by atoms with Crippen LogP contribution in [0.1, 0.15) is 35.5 Å². The highest BCUT2D eigenvalue weighted by Crippen LogP contribution is 2.39. The number of rotatable bonds is 6. The zero-order valence-corrected chi connectivity index (χ0v) is 21.3. The number of nitrogens with one attached hydrogen (secondary N) is 1. The molecule has 4 aromatic heterocycles. The first-order valence-corrected chi connectivity index (χ1v) is 12.7. The number of imidazole rings is 1. The Labute approximate surface area is 212 Å². The monoisotopic (exact) mass is 521 g/mol. The number of hydrogen-bond donors (Lipinski definition) is 2. The van der Waals surface area contributed by atoms with Gasteiger partial charge in [0, 0.05) is 24.9 Å². The minimum Gasteiger partial charge on any atom is -0.368 e. The summed E-state index contributed by atoms with van der Waals surface area (Å²) in [6.45, 7) is 5.35. The summed E-state index contributed by atoms with van der Waals surface area (Å²) in [6.07, 6.45) is 5.48. The van der Waals surface area contributed by atoms with Crippen molar-refractivity contribution in [3.05, 3.63) is 77.6 Å². The number of aromatic nitrogens is 7. The first-order valence-electron chi connectivity index (χ1n) is 11.3. The number of benzene rings is 1. The number of nitrogens with zero attached hydrogens (tertiary/aromatic N) is 7. The van der Waals surface area contributed by atoms with Crippen molar-refractivity contribution in [2.45, 2.75) is 31.6 Å². The molecule has 0 saturated heterocycles. The quantitative estimate of drug-likeness (QED) is 0.343. The van der Waals surface area contributed by atoms with E-state index < -0.39 is 21.8 Å². The van der Waals surface area contributed by atoms with Gasteiger partial charge in [-0.25, -0.2) is 31.7 Å². The van der Waals surface area contributed by atoms with Crippen LogP contribution in [0.5, 0.6) is 0 Å². The van der Waals surface area contributed by atoms with Gasteiger partial charge in [-0.15, -0.1) is 0 Å². The molecule has 4 heterocycles. The van der Waals surface area contributed by atoms with E-state index in [0.717, 1.165) is 21.9 Å². The Kier molecular flexibility index (Phi) is 5.86. The van der Waals surface area contributed by atoms with Crippen molar-refractivity contribution in [3.8, 4) is 0 Å². The van der Waals surface area contributed by atoms with E-state index in [1.807, 2.05) is 14.0 Å². The number of halogens is 1. The van der Waals surface area contributed by atoms with E-state index in [0.29, 0.717) is 28.3 Å². The van der Waals surface area contributed by atoms with Crippen LogP contribution in [-0.2, 0) is 17.1 Å². The van der Waals surface area contributed by atoms with Gasteiger partial charge >= 0.3 is 0 Å². The van der Waals surface area contributed by atoms with Crippen molar-refractivity contribution in [1.29, 1.82) is 0 Å². The average molecular weight is 522 g/mol. The SMILES string of the molecule is Cc1ccc(S(=O)(=O)n2c(C)c([C@@H](C)c3ncc(F)cn3)c3c(Nc4cn(C)cn4)nc(N)nc32)cc1. The molecule has 0 saturated carbocycles. The fraction of sp³-hybridized carbons (Fsp3) is 0.208. The van der Waals surface area contributed by atoms with Gasteiger partial charge in [-0.05, 0) is 31.5 Å². The Hall–Kier alpha value is -4.39. The number of anilines is 3. The first kappa shape index (κ1) is 24.3. The van der Waals surface area contributed by atoms with Crippen molar-refractivity contribution in [2.24, 2.45) is 7.05 Å². The van der Waals surface area contributed by atoms with Gasteiger partial charge in [0.2, 0.25) is 5.95 Å². The van der Waals surface area contributed by atoms with Crippen molar-refractivity contribution in [2.75, 3.05) is 11.1 Å². The van der Waals surface area contributed by atoms with Gasteiger partial charge in [-0.3, -0.25) is 0 Å². The predicted molar refractivity (Wildman–Crippen MR) is 136 cm³/mol. The van der Waals surface area contributed by atoms with E-state index in [1.54, 1.807) is 55.2 Å². The topological polar surface area (TPSA) is 146 Å². The molecule has 0 spiro atoms. The third-order valence-corrected chi connectivity index (χ3v) is 7.83. The molecular formula is C24H24FN9O2S. The summed E-state index contributed by atoms with van der Waals surface area (Å²) in [5.41, 5.74) is 7.99. The molecule has 0 fully saturated rings. The van der Waals surface area contributed by atoms with Gasteiger partial charge in [-0.2, -0.15) is 9.97 Å². The van der Waals surface area contributed by atoms with Crippen molar-refractivity contribution >= 4 is 38.6 Å². The summed E-state index contributed by atoms with van der Waals surface area (Å²) >= 11 is 0. The fourth-order valence-corrected chi connectivity index (χ4v) is 5.82. The first-order chi connectivity index (χ1) is 17.6. The molecule has 1 aromatic carbocycles. The zero-order chi connectivity index (χ0) is 26.5. The number of hydrogen-bond acceptors (Lipinski definition) is 9. The van der Waals surface area contributed by atoms with Gasteiger partial charge < -0.3 is 15.6 Å². The van der Waals surface area contributed by atoms with E-state index in [2.05, 4.69) is 30.2 Å². The maximum Gasteiger partial charge on any atom is 0.269 e. The zero-order valence-electron chi connectivity index (χ0n) is 20.5. The van der Waals surface area contributed by atoms with Crippen LogP contribution in [0.15, 0.2) is 54.1 Å². The molecule has 13 heteroatoms. The van der Waals surface area contributed by atoms with Crippen LogP contribution >= 0.6 is 0 Å². The standard InChI is InChI=1S/C24H24FN9O2S/c1-13-5-7-17(8-6-13)37(35,36)34-15(3)19(14(2)21-27-9-16(25)10-28-21)20-22(31-24(26)32-23(20)34)30-18-11-33(4)12-29-18/h5-12,14H,1-4H3,(H3,26,30,31,32)/t14-/m1/s1. The molecule has 190 valence electrons. The second kappa shape index (κ2) is 8.92. The van der Waals surface area contributed by atoms with Crippen LogP contribution in [0, 0.1) is 19.7 Å². The third kappa shape index (κ3) is 4.27. The van der Waals surface area contributed by atoms with Gasteiger partial charge in [-0.1, -0.05) is 24.6 Å². The number of fused-ring (bicyclic) bond motifs is 1. The summed E-state index contributed by atoms with van der Waals surface area (Å²) in [4.78, 5) is 21.4. The van der Waals surface area contributed by atoms with E-state index >= 15 is 0 Å². The van der Waals surface area contributed by atoms with Gasteiger partial charge in [0.25, 0.3) is 10.0 Å². The van der Waals surface area contributed by atoms with E-state index in [4.69, 9.17) is 5.73 Å². The Morgan fingerprint density at radius 2 is 1.73 bits per heavy atom. The molecule has 5 aromatic rings. The molecule has 0 aliphatic rings. The molecule has 0 aliphatic heterocycles. The summed E-state index contributed by atoms with van der Waals surface area (Å²) in [7, 11) is -2.28. The van der Waals surface area contributed by atoms with E-state index in [9.17, 15) is 12.8 Å². The maximum absolute atomic E-state index is 13.9. The third-order valence-electron chi connectivity index (χ3n) is 6.03. The normalized spacial score (nSPS) is 12.7. The Balaban J connectivity index is 1.82. The smallest absolute Gasteiger partial charge is 0.269 e. The van der Waals surface area contributed by atoms with Gasteiger partial charge in [0.15, 0.2) is 11.5 Å². The van der Waals surface area contributed by atoms with E-state index in [-0.39, 0.29) is 22.3 Å². The molecule has 1 atom stereocenters. The summed E-state index contributed by atoms with van der Waals surface area (Å²) in [6, 6.07) is 6.53. The lowest BCUT2D eigenvalue weighted by Crippen LogP contribution is -2.16. The van der Waals surface area contributed by atoms with Crippen LogP contribution < -0.4 is 11.1 Å². The lowest BCUT2D eigenvalue weighted by Gasteiger charge is -2.13. The molecule has 0 radical (unpaired) electrons. The maximum atomic E-state index is 13.9. The lowest BCUT2D eigenvalue weighted by molar-refractivity contribution is 0.587. The predicted octanol–water partition coefficient (Wildman–Crippen LogP) is 3.43. The molecule has 0 bridgehead atoms. The second-order valence-corrected chi connectivity index (χ2v) is 10.5. The van der Waals surface area contributed by atoms with Crippen LogP contribution in [-0.4, -0.2) is 41.9 Å². The second-order valence-electron chi connectivity index (χ2n) is 8.74. The number of nitrogen functional groups attached to an aromatic ring is 1. The fourth-order valence-electron chi connectivity index (χ4n) is 4.31. The highest BCUT2D eigenvalue weighted by Gasteiger charge is 2.32. The Bertz CT molecular complexity index is 1730. The average Bonchev–Trinajstić information content (AvgIpc) is 3.39. The van der Waals surface area contributed by atoms with Crippen molar-refractivity contribution in [1.82, 2.24) is 33.5 Å². The molecular weight excluding hydrogens is 497 g/mol. The summed E-state index contributed by atoms with van der Waals surface area (Å²) < 4.78 is 44.3. The number of aryl methyl sites for hydroxylation is 2. The van der Waals surface area contributed by atoms with Crippen LogP contribution in [0.25, 0.3) is 11.0 Å². The molecule has 0 aliphatic carbocycles. The number of nitrogens with two attached hydrogens (primary N) is 1. The van der Waals surface area contributed by atoms with Crippen LogP contribution in [0.3, 0.4) is 0 Å². The highest BCUT2D eigenvalue weighted by atomic mass is 32.2. The summed E-state index contributed by atoms with van der Waals surface area (Å²) in [5, 5.41) is 3.54. The van der Waals surface area contributed by atoms with Crippen LogP contribution in [0.2, 0.25) is 0 Å². The van der Waals surface area contributed by atoms with Crippen molar-refractivity contribution < 1.29 is 12.8 Å². The largest absolute Gasteiger partial charge is 0.368 e. The highest BCUT2D eigenvalue weighted by molar-refractivity contribution is 7.90. The Morgan fingerprint density at radius 3 is 2.35 bits per heavy atom. The van der Waals surface area contributed by atoms with Gasteiger partial charge in [0.1, 0.15) is 17.5 Å². The minimum absolute atomic E-state index is 0.0896. The van der Waals surface area contributed by atoms with Gasteiger partial charge in [0.05, 0.1) is 29.0 Å². The lowest BCUT2D eigenvalue weighted by atomic mass is 9.97. The van der Waals surface area contributed by atoms with E-state index in [1.165, 1.54) is 0 Å². The molecule has 3 N–H and O–H groups in total. The molecule has 37 heavy (non-hydrogen) atoms. The molecule has 5 rings (SSSR count).